The van der Waals surface area contributed by atoms with E-state index >= 15 is 0 Å². The molecule has 0 fully saturated rings. The van der Waals surface area contributed by atoms with Gasteiger partial charge < -0.3 is 14.8 Å². The van der Waals surface area contributed by atoms with Gasteiger partial charge in [0.1, 0.15) is 17.4 Å². The molecule has 0 aliphatic rings. The first kappa shape index (κ1) is 23.5. The summed E-state index contributed by atoms with van der Waals surface area (Å²) in [6, 6.07) is 16.8. The lowest BCUT2D eigenvalue weighted by atomic mass is 10.0. The van der Waals surface area contributed by atoms with E-state index in [1.165, 1.54) is 23.0 Å². The summed E-state index contributed by atoms with van der Waals surface area (Å²) < 4.78 is 7.80. The second-order valence-electron chi connectivity index (χ2n) is 8.61. The van der Waals surface area contributed by atoms with Crippen molar-refractivity contribution in [2.45, 2.75) is 19.9 Å². The molecule has 0 unspecified atom stereocenters. The highest BCUT2D eigenvalue weighted by Gasteiger charge is 2.19. The Hall–Kier alpha value is -5.23. The lowest BCUT2D eigenvalue weighted by Gasteiger charge is -2.19. The van der Waals surface area contributed by atoms with Gasteiger partial charge >= 0.3 is 5.97 Å². The number of nitrogens with zero attached hydrogens (tertiary/aromatic N) is 4. The summed E-state index contributed by atoms with van der Waals surface area (Å²) in [6.45, 7) is 3.77. The molecule has 0 radical (unpaired) electrons. The first-order valence-corrected chi connectivity index (χ1v) is 11.4. The zero-order valence-corrected chi connectivity index (χ0v) is 20.0. The number of rotatable bonds is 6. The van der Waals surface area contributed by atoms with Gasteiger partial charge in [0.15, 0.2) is 11.2 Å². The number of carboxylic acids is 1. The van der Waals surface area contributed by atoms with Crippen LogP contribution in [0.4, 0.5) is 5.69 Å². The second-order valence-corrected chi connectivity index (χ2v) is 8.61. The standard InChI is InChI=1S/C28H21N5O4/c1-16-9-21(17(2)32-23-6-4-3-5-20(23)28(35)36)27-22(10-16)24(34)11-25(37-27)19-14-31-33(15-19)26-8-7-18(12-29)13-30-26/h3-11,13-15,17,32H,1-2H3,(H,35,36)/t17-/m1/s1. The number of pyridine rings is 1. The van der Waals surface area contributed by atoms with E-state index in [1.807, 2.05) is 26.0 Å². The third kappa shape index (κ3) is 4.56. The number of para-hydroxylation sites is 1. The number of hydrogen-bond donors (Lipinski definition) is 2. The Bertz CT molecular complexity index is 1750. The number of anilines is 1. The van der Waals surface area contributed by atoms with Crippen LogP contribution in [0, 0.1) is 18.3 Å². The molecule has 9 heteroatoms. The van der Waals surface area contributed by atoms with Gasteiger partial charge in [0, 0.05) is 29.7 Å². The van der Waals surface area contributed by atoms with E-state index in [-0.39, 0.29) is 17.0 Å². The van der Waals surface area contributed by atoms with Crippen molar-refractivity contribution >= 4 is 22.6 Å². The molecule has 3 heterocycles. The first-order valence-electron chi connectivity index (χ1n) is 11.4. The molecule has 2 aromatic carbocycles. The average molecular weight is 492 g/mol. The van der Waals surface area contributed by atoms with Crippen LogP contribution >= 0.6 is 0 Å². The van der Waals surface area contributed by atoms with Crippen molar-refractivity contribution in [2.75, 3.05) is 5.32 Å². The summed E-state index contributed by atoms with van der Waals surface area (Å²) in [7, 11) is 0. The number of benzene rings is 2. The van der Waals surface area contributed by atoms with Crippen LogP contribution < -0.4 is 10.7 Å². The molecule has 1 atom stereocenters. The number of aryl methyl sites for hydroxylation is 1. The molecule has 0 spiro atoms. The van der Waals surface area contributed by atoms with Crippen molar-refractivity contribution in [3.8, 4) is 23.2 Å². The Morgan fingerprint density at radius 2 is 1.97 bits per heavy atom. The van der Waals surface area contributed by atoms with E-state index in [4.69, 9.17) is 9.68 Å². The zero-order chi connectivity index (χ0) is 26.1. The van der Waals surface area contributed by atoms with Gasteiger partial charge in [0.2, 0.25) is 0 Å². The fourth-order valence-corrected chi connectivity index (χ4v) is 4.17. The molecule has 0 amide bonds. The van der Waals surface area contributed by atoms with Crippen LogP contribution in [-0.4, -0.2) is 25.8 Å². The summed E-state index contributed by atoms with van der Waals surface area (Å²) in [6.07, 6.45) is 4.72. The maximum atomic E-state index is 13.1. The Labute approximate surface area is 211 Å². The molecule has 182 valence electrons. The highest BCUT2D eigenvalue weighted by Crippen LogP contribution is 2.31. The minimum Gasteiger partial charge on any atom is -0.478 e. The third-order valence-electron chi connectivity index (χ3n) is 5.98. The molecule has 0 bridgehead atoms. The molecule has 0 aliphatic heterocycles. The highest BCUT2D eigenvalue weighted by atomic mass is 16.4. The quantitative estimate of drug-likeness (QED) is 0.335. The number of carboxylic acid groups (broad SMARTS) is 1. The Morgan fingerprint density at radius 1 is 1.16 bits per heavy atom. The third-order valence-corrected chi connectivity index (χ3v) is 5.98. The monoisotopic (exact) mass is 491 g/mol. The number of nitrogens with one attached hydrogen (secondary N) is 1. The molecule has 5 aromatic rings. The first-order chi connectivity index (χ1) is 17.8. The lowest BCUT2D eigenvalue weighted by molar-refractivity contribution is 0.0698. The Kier molecular flexibility index (Phi) is 5.99. The molecular formula is C28H21N5O4. The van der Waals surface area contributed by atoms with Gasteiger partial charge in [-0.25, -0.2) is 14.5 Å². The number of hydrogen-bond acceptors (Lipinski definition) is 7. The van der Waals surface area contributed by atoms with Gasteiger partial charge in [0.05, 0.1) is 34.3 Å². The normalized spacial score (nSPS) is 11.7. The van der Waals surface area contributed by atoms with Gasteiger partial charge in [-0.05, 0) is 49.7 Å². The smallest absolute Gasteiger partial charge is 0.337 e. The van der Waals surface area contributed by atoms with Gasteiger partial charge in [-0.3, -0.25) is 4.79 Å². The van der Waals surface area contributed by atoms with Gasteiger partial charge in [-0.15, -0.1) is 0 Å². The van der Waals surface area contributed by atoms with Crippen LogP contribution in [0.2, 0.25) is 0 Å². The number of aromatic carboxylic acids is 1. The van der Waals surface area contributed by atoms with E-state index in [0.717, 1.165) is 11.1 Å². The Morgan fingerprint density at radius 3 is 2.70 bits per heavy atom. The average Bonchev–Trinajstić information content (AvgIpc) is 3.39. The second kappa shape index (κ2) is 9.43. The zero-order valence-electron chi connectivity index (χ0n) is 20.0. The van der Waals surface area contributed by atoms with Crippen molar-refractivity contribution in [1.29, 1.82) is 5.26 Å². The molecule has 9 nitrogen and oxygen atoms in total. The molecular weight excluding hydrogens is 470 g/mol. The summed E-state index contributed by atoms with van der Waals surface area (Å²) in [5.41, 5.74) is 3.43. The lowest BCUT2D eigenvalue weighted by Crippen LogP contribution is -2.12. The largest absolute Gasteiger partial charge is 0.478 e. The van der Waals surface area contributed by atoms with Crippen molar-refractivity contribution in [3.05, 3.63) is 106 Å². The predicted octanol–water partition coefficient (Wildman–Crippen LogP) is 5.09. The van der Waals surface area contributed by atoms with E-state index in [2.05, 4.69) is 15.4 Å². The summed E-state index contributed by atoms with van der Waals surface area (Å²) in [5.74, 6) is -0.188. The number of fused-ring (bicyclic) bond motifs is 1. The molecule has 0 saturated carbocycles. The summed E-state index contributed by atoms with van der Waals surface area (Å²) >= 11 is 0. The molecule has 0 saturated heterocycles. The SMILES string of the molecule is Cc1cc([C@@H](C)Nc2ccccc2C(=O)O)c2oc(-c3cnn(-c4ccc(C#N)cn4)c3)cc(=O)c2c1. The Balaban J connectivity index is 1.56. The molecule has 5 rings (SSSR count). The minimum atomic E-state index is -1.04. The number of aromatic nitrogens is 3. The van der Waals surface area contributed by atoms with Crippen molar-refractivity contribution in [1.82, 2.24) is 14.8 Å². The van der Waals surface area contributed by atoms with Crippen LogP contribution in [0.25, 0.3) is 28.1 Å². The highest BCUT2D eigenvalue weighted by molar-refractivity contribution is 5.94. The molecule has 2 N–H and O–H groups in total. The van der Waals surface area contributed by atoms with Gasteiger partial charge in [-0.1, -0.05) is 18.2 Å². The van der Waals surface area contributed by atoms with E-state index < -0.39 is 5.97 Å². The van der Waals surface area contributed by atoms with Gasteiger partial charge in [-0.2, -0.15) is 10.4 Å². The minimum absolute atomic E-state index is 0.150. The van der Waals surface area contributed by atoms with E-state index in [1.54, 1.807) is 48.8 Å². The fraction of sp³-hybridized carbons (Fsp3) is 0.107. The summed E-state index contributed by atoms with van der Waals surface area (Å²) in [4.78, 5) is 29.0. The van der Waals surface area contributed by atoms with E-state index in [9.17, 15) is 14.7 Å². The van der Waals surface area contributed by atoms with Crippen molar-refractivity contribution < 1.29 is 14.3 Å². The van der Waals surface area contributed by atoms with Crippen LogP contribution in [-0.2, 0) is 0 Å². The fourth-order valence-electron chi connectivity index (χ4n) is 4.17. The molecule has 37 heavy (non-hydrogen) atoms. The molecule has 0 aliphatic carbocycles. The van der Waals surface area contributed by atoms with Crippen LogP contribution in [0.3, 0.4) is 0 Å². The topological polar surface area (TPSA) is 134 Å². The van der Waals surface area contributed by atoms with Crippen molar-refractivity contribution in [3.63, 3.8) is 0 Å². The van der Waals surface area contributed by atoms with E-state index in [0.29, 0.717) is 39.4 Å². The van der Waals surface area contributed by atoms with Crippen molar-refractivity contribution in [2.24, 2.45) is 0 Å². The maximum absolute atomic E-state index is 13.1. The van der Waals surface area contributed by atoms with Crippen LogP contribution in [0.15, 0.2) is 82.4 Å². The predicted molar refractivity (Wildman–Crippen MR) is 138 cm³/mol. The maximum Gasteiger partial charge on any atom is 0.337 e. The van der Waals surface area contributed by atoms with Crippen LogP contribution in [0.1, 0.15) is 40.0 Å². The number of carbonyl (C=O) groups is 1. The summed E-state index contributed by atoms with van der Waals surface area (Å²) in [5, 5.41) is 26.5. The molecule has 3 aromatic heterocycles. The van der Waals surface area contributed by atoms with Crippen LogP contribution in [0.5, 0.6) is 0 Å². The van der Waals surface area contributed by atoms with Gasteiger partial charge in [0.25, 0.3) is 0 Å². The number of nitriles is 1.